The molecule has 15 heavy (non-hydrogen) atoms. The smallest absolute Gasteiger partial charge is 0.232 e. The van der Waals surface area contributed by atoms with E-state index in [1.165, 1.54) is 11.5 Å². The SMILES string of the molecule is CC.Cc1ccc(-c2nc(N)ns2)cn1. The molecule has 0 aliphatic rings. The molecule has 0 spiro atoms. The van der Waals surface area contributed by atoms with Crippen molar-refractivity contribution in [1.82, 2.24) is 14.3 Å². The number of hydrogen-bond acceptors (Lipinski definition) is 5. The average Bonchev–Trinajstić information content (AvgIpc) is 2.69. The number of aryl methyl sites for hydroxylation is 1. The van der Waals surface area contributed by atoms with Gasteiger partial charge in [0.25, 0.3) is 0 Å². The summed E-state index contributed by atoms with van der Waals surface area (Å²) < 4.78 is 3.90. The average molecular weight is 222 g/mol. The fraction of sp³-hybridized carbons (Fsp3) is 0.300. The Bertz CT molecular complexity index is 408. The molecule has 0 aliphatic carbocycles. The molecule has 0 aromatic carbocycles. The van der Waals surface area contributed by atoms with E-state index < -0.39 is 0 Å². The summed E-state index contributed by atoms with van der Waals surface area (Å²) in [6, 6.07) is 3.90. The molecule has 0 fully saturated rings. The molecule has 0 saturated carbocycles. The van der Waals surface area contributed by atoms with Crippen LogP contribution in [-0.2, 0) is 0 Å². The Kier molecular flexibility index (Phi) is 4.17. The lowest BCUT2D eigenvalue weighted by molar-refractivity contribution is 1.20. The molecule has 80 valence electrons. The van der Waals surface area contributed by atoms with Gasteiger partial charge in [-0.05, 0) is 30.6 Å². The molecule has 2 aromatic rings. The molecule has 2 heterocycles. The van der Waals surface area contributed by atoms with E-state index in [0.29, 0.717) is 5.95 Å². The fourth-order valence-corrected chi connectivity index (χ4v) is 1.53. The van der Waals surface area contributed by atoms with E-state index in [1.54, 1.807) is 6.20 Å². The quantitative estimate of drug-likeness (QED) is 0.805. The zero-order valence-corrected chi connectivity index (χ0v) is 9.88. The summed E-state index contributed by atoms with van der Waals surface area (Å²) in [5, 5.41) is 0.810. The maximum absolute atomic E-state index is 5.41. The van der Waals surface area contributed by atoms with Gasteiger partial charge in [0.05, 0.1) is 0 Å². The summed E-state index contributed by atoms with van der Waals surface area (Å²) in [6.07, 6.45) is 1.77. The van der Waals surface area contributed by atoms with Crippen molar-refractivity contribution in [2.45, 2.75) is 20.8 Å². The monoisotopic (exact) mass is 222 g/mol. The number of nitrogens with two attached hydrogens (primary N) is 1. The first-order valence-corrected chi connectivity index (χ1v) is 5.55. The Morgan fingerprint density at radius 2 is 2.00 bits per heavy atom. The van der Waals surface area contributed by atoms with E-state index in [-0.39, 0.29) is 0 Å². The number of anilines is 1. The second-order valence-electron chi connectivity index (χ2n) is 2.65. The minimum atomic E-state index is 0.320. The van der Waals surface area contributed by atoms with Gasteiger partial charge in [0, 0.05) is 17.5 Å². The molecule has 0 saturated heterocycles. The van der Waals surface area contributed by atoms with Crippen molar-refractivity contribution in [3.63, 3.8) is 0 Å². The molecule has 0 aliphatic heterocycles. The molecule has 0 amide bonds. The molecule has 2 aromatic heterocycles. The predicted octanol–water partition coefficient (Wildman–Crippen LogP) is 2.52. The highest BCUT2D eigenvalue weighted by molar-refractivity contribution is 7.09. The fourth-order valence-electron chi connectivity index (χ4n) is 0.946. The van der Waals surface area contributed by atoms with Crippen LogP contribution in [0.1, 0.15) is 19.5 Å². The van der Waals surface area contributed by atoms with Gasteiger partial charge in [-0.2, -0.15) is 9.36 Å². The standard InChI is InChI=1S/C8H8N4S.C2H6/c1-5-2-3-6(4-10-5)7-11-8(9)12-13-7;1-2/h2-4H,1H3,(H2,9,12);1-2H3. The van der Waals surface area contributed by atoms with Gasteiger partial charge < -0.3 is 5.73 Å². The van der Waals surface area contributed by atoms with Crippen LogP contribution >= 0.6 is 11.5 Å². The zero-order valence-electron chi connectivity index (χ0n) is 9.06. The van der Waals surface area contributed by atoms with Crippen LogP contribution in [0.15, 0.2) is 18.3 Å². The summed E-state index contributed by atoms with van der Waals surface area (Å²) in [5.74, 6) is 0.320. The Hall–Kier alpha value is -1.49. The van der Waals surface area contributed by atoms with E-state index >= 15 is 0 Å². The van der Waals surface area contributed by atoms with Crippen LogP contribution in [0.2, 0.25) is 0 Å². The summed E-state index contributed by atoms with van der Waals surface area (Å²) in [6.45, 7) is 5.94. The van der Waals surface area contributed by atoms with Gasteiger partial charge in [-0.3, -0.25) is 4.98 Å². The lowest BCUT2D eigenvalue weighted by Crippen LogP contribution is -1.86. The number of nitrogens with zero attached hydrogens (tertiary/aromatic N) is 3. The highest BCUT2D eigenvalue weighted by atomic mass is 32.1. The molecule has 2 N–H and O–H groups in total. The third-order valence-corrected chi connectivity index (χ3v) is 2.38. The second kappa shape index (κ2) is 5.41. The number of rotatable bonds is 1. The van der Waals surface area contributed by atoms with Crippen LogP contribution in [0.4, 0.5) is 5.95 Å². The maximum atomic E-state index is 5.41. The second-order valence-corrected chi connectivity index (χ2v) is 3.40. The summed E-state index contributed by atoms with van der Waals surface area (Å²) in [7, 11) is 0. The first kappa shape index (κ1) is 11.6. The van der Waals surface area contributed by atoms with E-state index in [1.807, 2.05) is 32.9 Å². The number of nitrogen functional groups attached to an aromatic ring is 1. The van der Waals surface area contributed by atoms with Crippen LogP contribution in [-0.4, -0.2) is 14.3 Å². The molecule has 2 rings (SSSR count). The highest BCUT2D eigenvalue weighted by Crippen LogP contribution is 2.20. The minimum Gasteiger partial charge on any atom is -0.367 e. The molecule has 0 unspecified atom stereocenters. The topological polar surface area (TPSA) is 64.7 Å². The Balaban J connectivity index is 0.000000531. The molecular weight excluding hydrogens is 208 g/mol. The van der Waals surface area contributed by atoms with Gasteiger partial charge in [-0.25, -0.2) is 0 Å². The lowest BCUT2D eigenvalue weighted by atomic mass is 10.3. The van der Waals surface area contributed by atoms with Crippen molar-refractivity contribution < 1.29 is 0 Å². The number of hydrogen-bond donors (Lipinski definition) is 1. The van der Waals surface area contributed by atoms with Gasteiger partial charge >= 0.3 is 0 Å². The van der Waals surface area contributed by atoms with Crippen molar-refractivity contribution in [1.29, 1.82) is 0 Å². The summed E-state index contributed by atoms with van der Waals surface area (Å²) in [4.78, 5) is 8.22. The van der Waals surface area contributed by atoms with Crippen LogP contribution < -0.4 is 5.73 Å². The summed E-state index contributed by atoms with van der Waals surface area (Å²) >= 11 is 1.28. The molecule has 5 heteroatoms. The van der Waals surface area contributed by atoms with E-state index in [4.69, 9.17) is 5.73 Å². The molecule has 0 radical (unpaired) electrons. The third kappa shape index (κ3) is 2.99. The number of pyridine rings is 1. The van der Waals surface area contributed by atoms with Gasteiger partial charge in [0.1, 0.15) is 5.01 Å². The van der Waals surface area contributed by atoms with Gasteiger partial charge in [-0.15, -0.1) is 0 Å². The van der Waals surface area contributed by atoms with Crippen LogP contribution in [0.25, 0.3) is 10.6 Å². The molecule has 0 atom stereocenters. The van der Waals surface area contributed by atoms with Crippen molar-refractivity contribution in [3.05, 3.63) is 24.0 Å². The van der Waals surface area contributed by atoms with Gasteiger partial charge in [0.2, 0.25) is 5.95 Å². The van der Waals surface area contributed by atoms with E-state index in [2.05, 4.69) is 14.3 Å². The Morgan fingerprint density at radius 3 is 2.47 bits per heavy atom. The maximum Gasteiger partial charge on any atom is 0.232 e. The number of aromatic nitrogens is 3. The van der Waals surface area contributed by atoms with E-state index in [0.717, 1.165) is 16.3 Å². The Morgan fingerprint density at radius 1 is 1.27 bits per heavy atom. The molecule has 4 nitrogen and oxygen atoms in total. The zero-order chi connectivity index (χ0) is 11.3. The Labute approximate surface area is 93.4 Å². The van der Waals surface area contributed by atoms with Crippen LogP contribution in [0.3, 0.4) is 0 Å². The highest BCUT2D eigenvalue weighted by Gasteiger charge is 2.03. The van der Waals surface area contributed by atoms with Gasteiger partial charge in [0.15, 0.2) is 0 Å². The van der Waals surface area contributed by atoms with E-state index in [9.17, 15) is 0 Å². The molecule has 0 bridgehead atoms. The summed E-state index contributed by atoms with van der Waals surface area (Å²) in [5.41, 5.74) is 7.36. The van der Waals surface area contributed by atoms with Crippen molar-refractivity contribution in [3.8, 4) is 10.6 Å². The predicted molar refractivity (Wildman–Crippen MR) is 63.6 cm³/mol. The minimum absolute atomic E-state index is 0.320. The molecular formula is C10H14N4S. The first-order chi connectivity index (χ1) is 7.25. The van der Waals surface area contributed by atoms with Gasteiger partial charge in [-0.1, -0.05) is 13.8 Å². The van der Waals surface area contributed by atoms with Crippen molar-refractivity contribution in [2.24, 2.45) is 0 Å². The largest absolute Gasteiger partial charge is 0.367 e. The first-order valence-electron chi connectivity index (χ1n) is 4.78. The van der Waals surface area contributed by atoms with Crippen LogP contribution in [0.5, 0.6) is 0 Å². The van der Waals surface area contributed by atoms with Crippen LogP contribution in [0, 0.1) is 6.92 Å². The lowest BCUT2D eigenvalue weighted by Gasteiger charge is -1.94. The van der Waals surface area contributed by atoms with Crippen molar-refractivity contribution >= 4 is 17.5 Å². The van der Waals surface area contributed by atoms with Crippen molar-refractivity contribution in [2.75, 3.05) is 5.73 Å². The normalized spacial score (nSPS) is 9.27. The third-order valence-electron chi connectivity index (χ3n) is 1.60.